The smallest absolute Gasteiger partial charge is 0.152 e. The maximum atomic E-state index is 11.0. The summed E-state index contributed by atoms with van der Waals surface area (Å²) in [5.74, 6) is 0. The molecule has 16 heavy (non-hydrogen) atoms. The molecule has 0 saturated heterocycles. The molecule has 1 aliphatic carbocycles. The van der Waals surface area contributed by atoms with E-state index in [1.165, 1.54) is 17.7 Å². The van der Waals surface area contributed by atoms with E-state index < -0.39 is 0 Å². The van der Waals surface area contributed by atoms with Crippen LogP contribution in [-0.4, -0.2) is 11.3 Å². The second-order valence-electron chi connectivity index (χ2n) is 3.90. The van der Waals surface area contributed by atoms with Gasteiger partial charge in [0, 0.05) is 16.8 Å². The maximum absolute atomic E-state index is 11.0. The quantitative estimate of drug-likeness (QED) is 0.465. The molecular formula is C14H15NO. The van der Waals surface area contributed by atoms with Crippen molar-refractivity contribution < 1.29 is 4.79 Å². The van der Waals surface area contributed by atoms with Crippen molar-refractivity contribution >= 4 is 17.9 Å². The summed E-state index contributed by atoms with van der Waals surface area (Å²) in [5.41, 5.74) is 5.17. The Morgan fingerprint density at radius 3 is 2.75 bits per heavy atom. The van der Waals surface area contributed by atoms with Crippen LogP contribution in [-0.2, 0) is 17.6 Å². The fourth-order valence-electron chi connectivity index (χ4n) is 2.31. The van der Waals surface area contributed by atoms with Crippen LogP contribution in [0.25, 0.3) is 11.6 Å². The molecule has 0 fully saturated rings. The van der Waals surface area contributed by atoms with Crippen molar-refractivity contribution in [1.29, 1.82) is 0 Å². The van der Waals surface area contributed by atoms with Crippen molar-refractivity contribution in [2.24, 2.45) is 0 Å². The Kier molecular flexibility index (Phi) is 2.91. The molecule has 0 saturated carbocycles. The number of allylic oxidation sites excluding steroid dienone is 3. The van der Waals surface area contributed by atoms with E-state index in [1.54, 1.807) is 12.2 Å². The molecule has 2 rings (SSSR count). The highest BCUT2D eigenvalue weighted by molar-refractivity contribution is 6.08. The van der Waals surface area contributed by atoms with E-state index in [4.69, 9.17) is 0 Å². The number of carbonyl (C=O) groups excluding carboxylic acids is 1. The minimum absolute atomic E-state index is 0.638. The molecule has 1 aromatic heterocycles. The van der Waals surface area contributed by atoms with Gasteiger partial charge in [0.2, 0.25) is 0 Å². The van der Waals surface area contributed by atoms with Gasteiger partial charge >= 0.3 is 0 Å². The summed E-state index contributed by atoms with van der Waals surface area (Å²) in [6, 6.07) is 0. The third-order valence-electron chi connectivity index (χ3n) is 3.01. The number of carbonyl (C=O) groups is 1. The summed E-state index contributed by atoms with van der Waals surface area (Å²) in [6.45, 7) is 7.45. The molecule has 2 heteroatoms. The first-order chi connectivity index (χ1) is 7.81. The summed E-state index contributed by atoms with van der Waals surface area (Å²) in [7, 11) is 0. The van der Waals surface area contributed by atoms with Gasteiger partial charge in [-0.25, -0.2) is 0 Å². The zero-order chi connectivity index (χ0) is 11.5. The summed E-state index contributed by atoms with van der Waals surface area (Å²) in [5, 5.41) is 0. The fourth-order valence-corrected chi connectivity index (χ4v) is 2.31. The van der Waals surface area contributed by atoms with Crippen LogP contribution in [0.15, 0.2) is 25.3 Å². The molecule has 0 aromatic carbocycles. The summed E-state index contributed by atoms with van der Waals surface area (Å²) < 4.78 is 0. The number of aromatic amines is 1. The van der Waals surface area contributed by atoms with E-state index in [0.29, 0.717) is 5.57 Å². The maximum Gasteiger partial charge on any atom is 0.152 e. The monoisotopic (exact) mass is 213 g/mol. The Morgan fingerprint density at radius 2 is 2.12 bits per heavy atom. The predicted octanol–water partition coefficient (Wildman–Crippen LogP) is 2.91. The molecule has 0 radical (unpaired) electrons. The molecule has 1 N–H and O–H groups in total. The molecule has 0 bridgehead atoms. The highest BCUT2D eigenvalue weighted by atomic mass is 16.1. The van der Waals surface area contributed by atoms with Gasteiger partial charge in [-0.1, -0.05) is 31.4 Å². The Hall–Kier alpha value is -1.83. The summed E-state index contributed by atoms with van der Waals surface area (Å²) >= 11 is 0. The van der Waals surface area contributed by atoms with Crippen LogP contribution < -0.4 is 0 Å². The minimum atomic E-state index is 0.638. The van der Waals surface area contributed by atoms with Gasteiger partial charge in [0.05, 0.1) is 5.69 Å². The van der Waals surface area contributed by atoms with Crippen LogP contribution in [0.5, 0.6) is 0 Å². The average Bonchev–Trinajstić information content (AvgIpc) is 2.85. The standard InChI is InChI=1S/C14H15NO/c1-3-6-10(9-16)14-11(4-2)12-7-5-8-13(12)15-14/h3-4,6,9,15H,1-2,5,7-8H2/b10-6-. The molecule has 0 unspecified atom stereocenters. The SMILES string of the molecule is C=C/C=C(/C=O)c1[nH]c2c(c1C=C)CCC2. The Labute approximate surface area is 95.4 Å². The van der Waals surface area contributed by atoms with Crippen molar-refractivity contribution in [3.63, 3.8) is 0 Å². The van der Waals surface area contributed by atoms with Crippen molar-refractivity contribution in [1.82, 2.24) is 4.98 Å². The number of hydrogen-bond donors (Lipinski definition) is 1. The molecule has 0 aliphatic heterocycles. The van der Waals surface area contributed by atoms with Gasteiger partial charge in [-0.05, 0) is 24.8 Å². The molecule has 0 atom stereocenters. The highest BCUT2D eigenvalue weighted by Gasteiger charge is 2.20. The van der Waals surface area contributed by atoms with Gasteiger partial charge in [0.25, 0.3) is 0 Å². The highest BCUT2D eigenvalue weighted by Crippen LogP contribution is 2.31. The average molecular weight is 213 g/mol. The number of H-pyrrole nitrogens is 1. The van der Waals surface area contributed by atoms with Gasteiger partial charge in [-0.15, -0.1) is 0 Å². The van der Waals surface area contributed by atoms with E-state index in [1.807, 2.05) is 6.08 Å². The largest absolute Gasteiger partial charge is 0.358 e. The van der Waals surface area contributed by atoms with Gasteiger partial charge < -0.3 is 4.98 Å². The second-order valence-corrected chi connectivity index (χ2v) is 3.90. The predicted molar refractivity (Wildman–Crippen MR) is 67.1 cm³/mol. The Balaban J connectivity index is 2.57. The molecule has 82 valence electrons. The third-order valence-corrected chi connectivity index (χ3v) is 3.01. The van der Waals surface area contributed by atoms with Gasteiger partial charge in [-0.2, -0.15) is 0 Å². The van der Waals surface area contributed by atoms with Crippen LogP contribution in [0.3, 0.4) is 0 Å². The number of nitrogens with one attached hydrogen (secondary N) is 1. The minimum Gasteiger partial charge on any atom is -0.358 e. The fraction of sp³-hybridized carbons (Fsp3) is 0.214. The van der Waals surface area contributed by atoms with E-state index in [-0.39, 0.29) is 0 Å². The van der Waals surface area contributed by atoms with Crippen LogP contribution in [0.4, 0.5) is 0 Å². The molecule has 0 amide bonds. The van der Waals surface area contributed by atoms with Gasteiger partial charge in [-0.3, -0.25) is 4.79 Å². The number of hydrogen-bond acceptors (Lipinski definition) is 1. The topological polar surface area (TPSA) is 32.9 Å². The van der Waals surface area contributed by atoms with Crippen molar-refractivity contribution in [3.05, 3.63) is 47.8 Å². The van der Waals surface area contributed by atoms with E-state index >= 15 is 0 Å². The zero-order valence-electron chi connectivity index (χ0n) is 9.25. The number of fused-ring (bicyclic) bond motifs is 1. The number of aryl methyl sites for hydroxylation is 1. The normalized spacial score (nSPS) is 14.6. The van der Waals surface area contributed by atoms with E-state index in [9.17, 15) is 4.79 Å². The van der Waals surface area contributed by atoms with Gasteiger partial charge in [0.1, 0.15) is 0 Å². The Bertz CT molecular complexity index is 477. The lowest BCUT2D eigenvalue weighted by molar-refractivity contribution is -0.103. The second kappa shape index (κ2) is 4.35. The first-order valence-corrected chi connectivity index (χ1v) is 5.46. The lowest BCUT2D eigenvalue weighted by Crippen LogP contribution is -1.91. The summed E-state index contributed by atoms with van der Waals surface area (Å²) in [4.78, 5) is 14.4. The van der Waals surface area contributed by atoms with Crippen molar-refractivity contribution in [2.75, 3.05) is 0 Å². The van der Waals surface area contributed by atoms with Crippen molar-refractivity contribution in [2.45, 2.75) is 19.3 Å². The lowest BCUT2D eigenvalue weighted by Gasteiger charge is -2.00. The molecular weight excluding hydrogens is 198 g/mol. The zero-order valence-corrected chi connectivity index (χ0v) is 9.25. The first-order valence-electron chi connectivity index (χ1n) is 5.46. The Morgan fingerprint density at radius 1 is 1.31 bits per heavy atom. The van der Waals surface area contributed by atoms with Crippen LogP contribution in [0.2, 0.25) is 0 Å². The number of rotatable bonds is 4. The lowest BCUT2D eigenvalue weighted by atomic mass is 10.0. The van der Waals surface area contributed by atoms with Crippen LogP contribution in [0.1, 0.15) is 28.9 Å². The van der Waals surface area contributed by atoms with E-state index in [0.717, 1.165) is 30.4 Å². The molecule has 1 aliphatic rings. The summed E-state index contributed by atoms with van der Waals surface area (Å²) in [6.07, 6.45) is 9.36. The molecule has 2 nitrogen and oxygen atoms in total. The third kappa shape index (κ3) is 1.56. The van der Waals surface area contributed by atoms with Crippen LogP contribution in [0, 0.1) is 0 Å². The van der Waals surface area contributed by atoms with E-state index in [2.05, 4.69) is 18.1 Å². The molecule has 1 aromatic rings. The molecule has 0 spiro atoms. The van der Waals surface area contributed by atoms with Crippen molar-refractivity contribution in [3.8, 4) is 0 Å². The van der Waals surface area contributed by atoms with Gasteiger partial charge in [0.15, 0.2) is 6.29 Å². The van der Waals surface area contributed by atoms with Crippen LogP contribution >= 0.6 is 0 Å². The molecule has 1 heterocycles. The number of aldehydes is 1. The first kappa shape index (κ1) is 10.7. The number of aromatic nitrogens is 1.